The molecule has 0 aromatic heterocycles. The molecule has 1 aliphatic heterocycles. The third kappa shape index (κ3) is 4.47. The Hall–Kier alpha value is -1.27. The first kappa shape index (κ1) is 20.0. The van der Waals surface area contributed by atoms with Crippen LogP contribution in [0.25, 0.3) is 0 Å². The Morgan fingerprint density at radius 3 is 2.52 bits per heavy atom. The van der Waals surface area contributed by atoms with Crippen LogP contribution in [0.15, 0.2) is 24.3 Å². The fourth-order valence-electron chi connectivity index (χ4n) is 3.85. The van der Waals surface area contributed by atoms with Crippen LogP contribution in [0.2, 0.25) is 0 Å². The number of alkyl halides is 3. The average Bonchev–Trinajstić information content (AvgIpc) is 3.10. The van der Waals surface area contributed by atoms with Crippen LogP contribution in [0, 0.1) is 5.92 Å². The Balaban J connectivity index is 0.00000225. The van der Waals surface area contributed by atoms with Gasteiger partial charge in [0, 0.05) is 6.54 Å². The van der Waals surface area contributed by atoms with Gasteiger partial charge in [-0.3, -0.25) is 4.79 Å². The molecule has 1 saturated heterocycles. The molecule has 2 N–H and O–H groups in total. The lowest BCUT2D eigenvalue weighted by Gasteiger charge is -2.39. The summed E-state index contributed by atoms with van der Waals surface area (Å²) in [6.45, 7) is 1.46. The molecule has 1 amide bonds. The zero-order valence-electron chi connectivity index (χ0n) is 14.0. The quantitative estimate of drug-likeness (QED) is 0.836. The van der Waals surface area contributed by atoms with E-state index in [1.165, 1.54) is 12.1 Å². The molecule has 0 spiro atoms. The van der Waals surface area contributed by atoms with E-state index in [0.717, 1.165) is 38.3 Å². The summed E-state index contributed by atoms with van der Waals surface area (Å²) in [5.74, 6) is -0.131. The molecular weight excluding hydrogens is 353 g/mol. The van der Waals surface area contributed by atoms with Crippen LogP contribution in [0.5, 0.6) is 0 Å². The predicted molar refractivity (Wildman–Crippen MR) is 92.6 cm³/mol. The van der Waals surface area contributed by atoms with Gasteiger partial charge in [0.05, 0.1) is 17.0 Å². The summed E-state index contributed by atoms with van der Waals surface area (Å²) < 4.78 is 39.2. The normalized spacial score (nSPS) is 22.9. The van der Waals surface area contributed by atoms with E-state index in [-0.39, 0.29) is 24.2 Å². The van der Waals surface area contributed by atoms with Crippen molar-refractivity contribution in [3.8, 4) is 0 Å². The van der Waals surface area contributed by atoms with Gasteiger partial charge in [0.1, 0.15) is 0 Å². The van der Waals surface area contributed by atoms with Crippen LogP contribution in [0.1, 0.15) is 49.7 Å². The van der Waals surface area contributed by atoms with E-state index in [1.54, 1.807) is 6.07 Å². The summed E-state index contributed by atoms with van der Waals surface area (Å²) in [5.41, 5.74) is -0.739. The van der Waals surface area contributed by atoms with Gasteiger partial charge < -0.3 is 10.6 Å². The Labute approximate surface area is 152 Å². The molecule has 2 aliphatic rings. The van der Waals surface area contributed by atoms with Gasteiger partial charge in [-0.1, -0.05) is 31.4 Å². The Bertz CT molecular complexity index is 594. The number of benzene rings is 1. The first-order chi connectivity index (χ1) is 11.4. The van der Waals surface area contributed by atoms with Crippen LogP contribution in [0.3, 0.4) is 0 Å². The van der Waals surface area contributed by atoms with Crippen molar-refractivity contribution in [1.82, 2.24) is 10.6 Å². The fraction of sp³-hybridized carbons (Fsp3) is 0.611. The second-order valence-electron chi connectivity index (χ2n) is 6.90. The zero-order valence-corrected chi connectivity index (χ0v) is 14.8. The number of halogens is 4. The summed E-state index contributed by atoms with van der Waals surface area (Å²) in [6.07, 6.45) is 0.691. The monoisotopic (exact) mass is 376 g/mol. The minimum absolute atomic E-state index is 0. The maximum Gasteiger partial charge on any atom is 0.416 e. The molecule has 1 aromatic rings. The molecule has 0 bridgehead atoms. The molecule has 3 nitrogen and oxygen atoms in total. The van der Waals surface area contributed by atoms with Gasteiger partial charge in [0.2, 0.25) is 5.91 Å². The molecule has 0 radical (unpaired) electrons. The molecule has 3 rings (SSSR count). The number of hydrogen-bond acceptors (Lipinski definition) is 2. The Morgan fingerprint density at radius 2 is 1.92 bits per heavy atom. The van der Waals surface area contributed by atoms with E-state index in [2.05, 4.69) is 10.6 Å². The standard InChI is InChI=1S/C18H23F3N2O.ClH/c19-18(20,21)15-6-4-5-14(11-15)17(8-2-1-3-9-17)23-16(24)13-7-10-22-12-13;/h4-6,11,13,22H,1-3,7-10,12H2,(H,23,24);1H. The van der Waals surface area contributed by atoms with Gasteiger partial charge in [-0.15, -0.1) is 12.4 Å². The summed E-state index contributed by atoms with van der Waals surface area (Å²) in [4.78, 5) is 12.6. The van der Waals surface area contributed by atoms with Crippen molar-refractivity contribution < 1.29 is 18.0 Å². The van der Waals surface area contributed by atoms with E-state index in [1.807, 2.05) is 0 Å². The maximum absolute atomic E-state index is 13.1. The SMILES string of the molecule is Cl.O=C(NC1(c2cccc(C(F)(F)F)c2)CCCCC1)C1CCNC1. The fourth-order valence-corrected chi connectivity index (χ4v) is 3.85. The van der Waals surface area contributed by atoms with Crippen LogP contribution >= 0.6 is 12.4 Å². The highest BCUT2D eigenvalue weighted by atomic mass is 35.5. The van der Waals surface area contributed by atoms with Gasteiger partial charge in [0.25, 0.3) is 0 Å². The zero-order chi connectivity index (χ0) is 17.2. The molecule has 7 heteroatoms. The summed E-state index contributed by atoms with van der Waals surface area (Å²) in [7, 11) is 0. The summed E-state index contributed by atoms with van der Waals surface area (Å²) in [6, 6.07) is 5.45. The van der Waals surface area contributed by atoms with E-state index < -0.39 is 17.3 Å². The Morgan fingerprint density at radius 1 is 1.20 bits per heavy atom. The van der Waals surface area contributed by atoms with Crippen molar-refractivity contribution in [3.05, 3.63) is 35.4 Å². The maximum atomic E-state index is 13.1. The van der Waals surface area contributed by atoms with Crippen molar-refractivity contribution in [2.75, 3.05) is 13.1 Å². The first-order valence-electron chi connectivity index (χ1n) is 8.61. The lowest BCUT2D eigenvalue weighted by molar-refractivity contribution is -0.137. The highest BCUT2D eigenvalue weighted by molar-refractivity contribution is 5.85. The molecular formula is C18H24ClF3N2O. The number of rotatable bonds is 3. The molecule has 1 aliphatic carbocycles. The van der Waals surface area contributed by atoms with Crippen molar-refractivity contribution in [2.45, 2.75) is 50.2 Å². The number of hydrogen-bond donors (Lipinski definition) is 2. The highest BCUT2D eigenvalue weighted by Gasteiger charge is 2.39. The number of carbonyl (C=O) groups excluding carboxylic acids is 1. The first-order valence-corrected chi connectivity index (χ1v) is 8.61. The minimum atomic E-state index is -4.37. The van der Waals surface area contributed by atoms with Crippen LogP contribution in [-0.4, -0.2) is 19.0 Å². The lowest BCUT2D eigenvalue weighted by Crippen LogP contribution is -2.49. The van der Waals surface area contributed by atoms with Gasteiger partial charge >= 0.3 is 6.18 Å². The third-order valence-electron chi connectivity index (χ3n) is 5.24. The molecule has 1 saturated carbocycles. The van der Waals surface area contributed by atoms with Crippen LogP contribution in [-0.2, 0) is 16.5 Å². The van der Waals surface area contributed by atoms with Crippen LogP contribution < -0.4 is 10.6 Å². The molecule has 140 valence electrons. The topological polar surface area (TPSA) is 41.1 Å². The molecule has 1 heterocycles. The summed E-state index contributed by atoms with van der Waals surface area (Å²) >= 11 is 0. The van der Waals surface area contributed by atoms with E-state index in [0.29, 0.717) is 24.9 Å². The average molecular weight is 377 g/mol. The third-order valence-corrected chi connectivity index (χ3v) is 5.24. The van der Waals surface area contributed by atoms with Crippen molar-refractivity contribution in [2.24, 2.45) is 5.92 Å². The Kier molecular flexibility index (Phi) is 6.38. The second-order valence-corrected chi connectivity index (χ2v) is 6.90. The molecule has 2 fully saturated rings. The number of amides is 1. The predicted octanol–water partition coefficient (Wildman–Crippen LogP) is 4.01. The molecule has 1 atom stereocenters. The second kappa shape index (κ2) is 7.96. The lowest BCUT2D eigenvalue weighted by atomic mass is 9.76. The van der Waals surface area contributed by atoms with Gasteiger partial charge in [0.15, 0.2) is 0 Å². The van der Waals surface area contributed by atoms with Crippen molar-refractivity contribution in [3.63, 3.8) is 0 Å². The van der Waals surface area contributed by atoms with Crippen molar-refractivity contribution in [1.29, 1.82) is 0 Å². The smallest absolute Gasteiger partial charge is 0.346 e. The molecule has 1 unspecified atom stereocenters. The van der Waals surface area contributed by atoms with Crippen molar-refractivity contribution >= 4 is 18.3 Å². The number of nitrogens with one attached hydrogen (secondary N) is 2. The van der Waals surface area contributed by atoms with Crippen LogP contribution in [0.4, 0.5) is 13.2 Å². The molecule has 25 heavy (non-hydrogen) atoms. The van der Waals surface area contributed by atoms with E-state index in [9.17, 15) is 18.0 Å². The summed E-state index contributed by atoms with van der Waals surface area (Å²) in [5, 5.41) is 6.29. The van der Waals surface area contributed by atoms with Gasteiger partial charge in [-0.2, -0.15) is 13.2 Å². The van der Waals surface area contributed by atoms with E-state index >= 15 is 0 Å². The van der Waals surface area contributed by atoms with Gasteiger partial charge in [-0.25, -0.2) is 0 Å². The van der Waals surface area contributed by atoms with E-state index in [4.69, 9.17) is 0 Å². The number of carbonyl (C=O) groups is 1. The molecule has 1 aromatic carbocycles. The minimum Gasteiger partial charge on any atom is -0.346 e. The van der Waals surface area contributed by atoms with Gasteiger partial charge in [-0.05, 0) is 43.5 Å². The highest BCUT2D eigenvalue weighted by Crippen LogP contribution is 2.40. The largest absolute Gasteiger partial charge is 0.416 e.